The van der Waals surface area contributed by atoms with Crippen molar-refractivity contribution in [3.63, 3.8) is 0 Å². The van der Waals surface area contributed by atoms with Crippen LogP contribution in [0.2, 0.25) is 5.02 Å². The molecule has 0 saturated carbocycles. The van der Waals surface area contributed by atoms with Gasteiger partial charge < -0.3 is 20.3 Å². The van der Waals surface area contributed by atoms with Gasteiger partial charge in [-0.05, 0) is 30.3 Å². The number of benzene rings is 1. The van der Waals surface area contributed by atoms with Gasteiger partial charge in [-0.1, -0.05) is 11.6 Å². The van der Waals surface area contributed by atoms with Crippen LogP contribution >= 0.6 is 11.6 Å². The van der Waals surface area contributed by atoms with Crippen LogP contribution in [0, 0.1) is 5.82 Å². The first kappa shape index (κ1) is 25.0. The summed E-state index contributed by atoms with van der Waals surface area (Å²) in [5, 5.41) is 9.08. The van der Waals surface area contributed by atoms with Gasteiger partial charge in [0.1, 0.15) is 46.6 Å². The number of halogens is 5. The van der Waals surface area contributed by atoms with E-state index in [0.29, 0.717) is 29.3 Å². The first-order valence-electron chi connectivity index (χ1n) is 11.7. The van der Waals surface area contributed by atoms with Crippen molar-refractivity contribution in [2.75, 3.05) is 29.9 Å². The second-order valence-electron chi connectivity index (χ2n) is 8.65. The van der Waals surface area contributed by atoms with Gasteiger partial charge in [0, 0.05) is 31.9 Å². The maximum absolute atomic E-state index is 15.3. The molecule has 4 aromatic heterocycles. The molecule has 5 heterocycles. The molecule has 5 aromatic rings. The number of rotatable bonds is 5. The number of hydrogen-bond acceptors (Lipinski definition) is 9. The van der Waals surface area contributed by atoms with Crippen molar-refractivity contribution >= 4 is 45.6 Å². The van der Waals surface area contributed by atoms with E-state index in [-0.39, 0.29) is 40.9 Å². The molecule has 1 aliphatic rings. The van der Waals surface area contributed by atoms with Gasteiger partial charge in [-0.2, -0.15) is 18.3 Å². The maximum Gasteiger partial charge on any atom is 0.405 e. The maximum atomic E-state index is 15.3. The minimum atomic E-state index is -4.39. The van der Waals surface area contributed by atoms with Gasteiger partial charge in [-0.25, -0.2) is 28.8 Å². The molecule has 0 spiro atoms. The number of nitrogens with one attached hydrogen (secondary N) is 2. The van der Waals surface area contributed by atoms with Crippen molar-refractivity contribution in [2.45, 2.75) is 12.2 Å². The molecule has 0 amide bonds. The van der Waals surface area contributed by atoms with E-state index in [0.717, 1.165) is 0 Å². The minimum Gasteiger partial charge on any atom is -0.455 e. The van der Waals surface area contributed by atoms with Gasteiger partial charge in [0.2, 0.25) is 0 Å². The number of aromatic nitrogens is 6. The number of hydrogen-bond donors (Lipinski definition) is 2. The Kier molecular flexibility index (Phi) is 6.27. The summed E-state index contributed by atoms with van der Waals surface area (Å²) in [6.45, 7) is 0.177. The number of fused-ring (bicyclic) bond motifs is 2. The van der Waals surface area contributed by atoms with Crippen molar-refractivity contribution in [3.8, 4) is 11.5 Å². The Bertz CT molecular complexity index is 1680. The molecule has 1 atom stereocenters. The van der Waals surface area contributed by atoms with E-state index >= 15 is 4.39 Å². The minimum absolute atomic E-state index is 0.00762. The Morgan fingerprint density at radius 2 is 1.95 bits per heavy atom. The van der Waals surface area contributed by atoms with Crippen molar-refractivity contribution in [2.24, 2.45) is 0 Å². The van der Waals surface area contributed by atoms with Gasteiger partial charge in [0.05, 0.1) is 11.2 Å². The molecule has 1 aliphatic heterocycles. The number of anilines is 3. The largest absolute Gasteiger partial charge is 0.455 e. The highest BCUT2D eigenvalue weighted by molar-refractivity contribution is 6.32. The van der Waals surface area contributed by atoms with E-state index < -0.39 is 18.0 Å². The van der Waals surface area contributed by atoms with Gasteiger partial charge in [0.25, 0.3) is 0 Å². The third-order valence-electron chi connectivity index (χ3n) is 6.14. The van der Waals surface area contributed by atoms with Crippen LogP contribution < -0.4 is 20.3 Å². The molecular weight excluding hydrogens is 542 g/mol. The first-order valence-corrected chi connectivity index (χ1v) is 12.0. The average Bonchev–Trinajstić information content (AvgIpc) is 3.40. The van der Waals surface area contributed by atoms with Crippen molar-refractivity contribution in [1.82, 2.24) is 34.9 Å². The molecule has 200 valence electrons. The number of piperazine rings is 1. The molecule has 10 nitrogen and oxygen atoms in total. The van der Waals surface area contributed by atoms with Gasteiger partial charge in [-0.3, -0.25) is 0 Å². The van der Waals surface area contributed by atoms with Crippen LogP contribution in [0.3, 0.4) is 0 Å². The van der Waals surface area contributed by atoms with E-state index in [2.05, 4.69) is 35.7 Å². The lowest BCUT2D eigenvalue weighted by Crippen LogP contribution is -2.57. The smallest absolute Gasteiger partial charge is 0.405 e. The van der Waals surface area contributed by atoms with Crippen LogP contribution in [0.4, 0.5) is 34.9 Å². The third kappa shape index (κ3) is 4.95. The monoisotopic (exact) mass is 559 g/mol. The molecule has 1 aromatic carbocycles. The fourth-order valence-corrected chi connectivity index (χ4v) is 4.40. The van der Waals surface area contributed by atoms with E-state index in [1.165, 1.54) is 29.7 Å². The molecule has 2 N–H and O–H groups in total. The summed E-state index contributed by atoms with van der Waals surface area (Å²) in [5.74, 6) is 0.148. The first-order chi connectivity index (χ1) is 18.8. The molecule has 0 bridgehead atoms. The summed E-state index contributed by atoms with van der Waals surface area (Å²) >= 11 is 6.28. The zero-order valence-corrected chi connectivity index (χ0v) is 20.6. The molecule has 0 radical (unpaired) electrons. The summed E-state index contributed by atoms with van der Waals surface area (Å²) in [4.78, 5) is 18.5. The fourth-order valence-electron chi connectivity index (χ4n) is 4.20. The highest BCUT2D eigenvalue weighted by Crippen LogP contribution is 2.37. The van der Waals surface area contributed by atoms with E-state index in [1.54, 1.807) is 35.0 Å². The molecule has 1 saturated heterocycles. The Labute approximate surface area is 222 Å². The highest BCUT2D eigenvalue weighted by Gasteiger charge is 2.42. The van der Waals surface area contributed by atoms with Crippen molar-refractivity contribution < 1.29 is 22.3 Å². The highest BCUT2D eigenvalue weighted by atomic mass is 35.5. The van der Waals surface area contributed by atoms with Gasteiger partial charge >= 0.3 is 6.18 Å². The van der Waals surface area contributed by atoms with Crippen LogP contribution in [0.25, 0.3) is 16.7 Å². The molecule has 0 unspecified atom stereocenters. The second-order valence-corrected chi connectivity index (χ2v) is 9.02. The number of ether oxygens (including phenoxy) is 1. The SMILES string of the molecule is Fc1c(Nc2ncnc3ccc(N4CCN[C@@H](C(F)(F)F)C4)nc23)ccc(Oc2ccn3ncnc3c2)c1Cl. The summed E-state index contributed by atoms with van der Waals surface area (Å²) in [6.07, 6.45) is -0.0811. The Morgan fingerprint density at radius 1 is 1.08 bits per heavy atom. The molecule has 39 heavy (non-hydrogen) atoms. The molecule has 1 fully saturated rings. The molecule has 6 rings (SSSR count). The second kappa shape index (κ2) is 9.78. The average molecular weight is 560 g/mol. The number of pyridine rings is 2. The molecule has 15 heteroatoms. The van der Waals surface area contributed by atoms with Crippen LogP contribution in [-0.2, 0) is 0 Å². The Morgan fingerprint density at radius 3 is 2.79 bits per heavy atom. The molecule has 0 aliphatic carbocycles. The van der Waals surface area contributed by atoms with Gasteiger partial charge in [0.15, 0.2) is 17.3 Å². The zero-order valence-electron chi connectivity index (χ0n) is 19.8. The number of nitrogens with zero attached hydrogens (tertiary/aromatic N) is 7. The molecular formula is C24H18ClF4N9O. The van der Waals surface area contributed by atoms with Crippen LogP contribution in [0.15, 0.2) is 55.2 Å². The van der Waals surface area contributed by atoms with E-state index in [4.69, 9.17) is 16.3 Å². The summed E-state index contributed by atoms with van der Waals surface area (Å²) in [7, 11) is 0. The lowest BCUT2D eigenvalue weighted by atomic mass is 10.2. The van der Waals surface area contributed by atoms with Gasteiger partial charge in [-0.15, -0.1) is 0 Å². The lowest BCUT2D eigenvalue weighted by molar-refractivity contribution is -0.155. The van der Waals surface area contributed by atoms with Crippen molar-refractivity contribution in [3.05, 3.63) is 66.1 Å². The predicted molar refractivity (Wildman–Crippen MR) is 135 cm³/mol. The Balaban J connectivity index is 1.27. The quantitative estimate of drug-likeness (QED) is 0.295. The number of alkyl halides is 3. The normalized spacial score (nSPS) is 16.1. The van der Waals surface area contributed by atoms with Crippen LogP contribution in [0.1, 0.15) is 0 Å². The van der Waals surface area contributed by atoms with Crippen molar-refractivity contribution in [1.29, 1.82) is 0 Å². The summed E-state index contributed by atoms with van der Waals surface area (Å²) in [5.41, 5.74) is 1.22. The van der Waals surface area contributed by atoms with E-state index in [9.17, 15) is 13.2 Å². The standard InChI is InChI=1S/C24H18ClF4N9O/c25-20-16(39-13-5-7-38-19(9-13)32-12-34-38)3-1-14(21(20)26)35-23-22-15(31-11-33-23)2-4-18(36-22)37-8-6-30-17(10-37)24(27,28)29/h1-5,7,9,11-12,17,30H,6,8,10H2,(H,31,33,35)/t17-/m1/s1. The zero-order chi connectivity index (χ0) is 27.1. The van der Waals surface area contributed by atoms with Crippen LogP contribution in [-0.4, -0.2) is 61.4 Å². The lowest BCUT2D eigenvalue weighted by Gasteiger charge is -2.35. The summed E-state index contributed by atoms with van der Waals surface area (Å²) < 4.78 is 62.4. The van der Waals surface area contributed by atoms with E-state index in [1.807, 2.05) is 0 Å². The fraction of sp³-hybridized carbons (Fsp3) is 0.208. The predicted octanol–water partition coefficient (Wildman–Crippen LogP) is 4.74. The Hall–Kier alpha value is -4.30. The van der Waals surface area contributed by atoms with Crippen LogP contribution in [0.5, 0.6) is 11.5 Å². The summed E-state index contributed by atoms with van der Waals surface area (Å²) in [6, 6.07) is 7.71. The third-order valence-corrected chi connectivity index (χ3v) is 6.49. The topological polar surface area (TPSA) is 105 Å².